The average Bonchev–Trinajstić information content (AvgIpc) is 2.90. The second-order valence-corrected chi connectivity index (χ2v) is 6.74. The van der Waals surface area contributed by atoms with Crippen LogP contribution in [-0.2, 0) is 9.47 Å². The fraction of sp³-hybridized carbons (Fsp3) is 0.625. The number of hydrogen-bond acceptors (Lipinski definition) is 3. The molecule has 110 valence electrons. The SMILES string of the molecule is C[C@@H](NC1CCC2(CC1)OCCO2)c1cccc(Br)c1. The maximum atomic E-state index is 5.78. The third kappa shape index (κ3) is 3.25. The normalized spacial score (nSPS) is 24.1. The minimum absolute atomic E-state index is 0.253. The Morgan fingerprint density at radius 2 is 1.95 bits per heavy atom. The van der Waals surface area contributed by atoms with Crippen LogP contribution in [-0.4, -0.2) is 25.0 Å². The molecule has 1 N–H and O–H groups in total. The lowest BCUT2D eigenvalue weighted by molar-refractivity contribution is -0.179. The lowest BCUT2D eigenvalue weighted by atomic mass is 9.89. The highest BCUT2D eigenvalue weighted by Crippen LogP contribution is 2.36. The lowest BCUT2D eigenvalue weighted by Crippen LogP contribution is -2.42. The van der Waals surface area contributed by atoms with E-state index in [0.717, 1.165) is 43.4 Å². The summed E-state index contributed by atoms with van der Waals surface area (Å²) < 4.78 is 12.7. The number of rotatable bonds is 3. The van der Waals surface area contributed by atoms with E-state index < -0.39 is 0 Å². The van der Waals surface area contributed by atoms with Gasteiger partial charge in [-0.3, -0.25) is 0 Å². The van der Waals surface area contributed by atoms with Gasteiger partial charge >= 0.3 is 0 Å². The molecule has 1 aromatic carbocycles. The molecule has 0 radical (unpaired) electrons. The number of hydrogen-bond donors (Lipinski definition) is 1. The molecule has 1 aliphatic heterocycles. The smallest absolute Gasteiger partial charge is 0.168 e. The molecule has 1 aliphatic carbocycles. The highest BCUT2D eigenvalue weighted by Gasteiger charge is 2.40. The zero-order chi connectivity index (χ0) is 14.0. The van der Waals surface area contributed by atoms with E-state index >= 15 is 0 Å². The van der Waals surface area contributed by atoms with Gasteiger partial charge in [-0.15, -0.1) is 0 Å². The Morgan fingerprint density at radius 3 is 2.60 bits per heavy atom. The maximum absolute atomic E-state index is 5.78. The van der Waals surface area contributed by atoms with Crippen molar-refractivity contribution in [2.75, 3.05) is 13.2 Å². The van der Waals surface area contributed by atoms with E-state index in [1.54, 1.807) is 0 Å². The topological polar surface area (TPSA) is 30.5 Å². The van der Waals surface area contributed by atoms with Crippen molar-refractivity contribution in [1.82, 2.24) is 5.32 Å². The van der Waals surface area contributed by atoms with Crippen LogP contribution in [0.3, 0.4) is 0 Å². The average molecular weight is 340 g/mol. The lowest BCUT2D eigenvalue weighted by Gasteiger charge is -2.36. The summed E-state index contributed by atoms with van der Waals surface area (Å²) in [7, 11) is 0. The molecule has 1 aromatic rings. The van der Waals surface area contributed by atoms with Gasteiger partial charge < -0.3 is 14.8 Å². The van der Waals surface area contributed by atoms with Crippen molar-refractivity contribution in [1.29, 1.82) is 0 Å². The fourth-order valence-corrected chi connectivity index (χ4v) is 3.65. The zero-order valence-corrected chi connectivity index (χ0v) is 13.5. The first kappa shape index (κ1) is 14.5. The molecule has 1 saturated carbocycles. The molecule has 20 heavy (non-hydrogen) atoms. The number of halogens is 1. The Labute approximate surface area is 129 Å². The molecule has 4 heteroatoms. The number of benzene rings is 1. The van der Waals surface area contributed by atoms with Gasteiger partial charge in [-0.1, -0.05) is 28.1 Å². The molecule has 0 bridgehead atoms. The first-order chi connectivity index (χ1) is 9.67. The summed E-state index contributed by atoms with van der Waals surface area (Å²) in [5.74, 6) is -0.253. The largest absolute Gasteiger partial charge is 0.348 e. The molecule has 1 saturated heterocycles. The van der Waals surface area contributed by atoms with Crippen molar-refractivity contribution in [3.63, 3.8) is 0 Å². The predicted octanol–water partition coefficient (Wildman–Crippen LogP) is 3.79. The third-order valence-electron chi connectivity index (χ3n) is 4.40. The van der Waals surface area contributed by atoms with E-state index in [0.29, 0.717) is 12.1 Å². The summed E-state index contributed by atoms with van der Waals surface area (Å²) in [4.78, 5) is 0. The maximum Gasteiger partial charge on any atom is 0.168 e. The first-order valence-corrected chi connectivity index (χ1v) is 8.26. The highest BCUT2D eigenvalue weighted by atomic mass is 79.9. The van der Waals surface area contributed by atoms with Crippen molar-refractivity contribution in [2.45, 2.75) is 50.5 Å². The number of ether oxygens (including phenoxy) is 2. The van der Waals surface area contributed by atoms with Gasteiger partial charge in [0.25, 0.3) is 0 Å². The van der Waals surface area contributed by atoms with Gasteiger partial charge in [0.2, 0.25) is 0 Å². The van der Waals surface area contributed by atoms with E-state index in [9.17, 15) is 0 Å². The van der Waals surface area contributed by atoms with Crippen molar-refractivity contribution in [3.05, 3.63) is 34.3 Å². The molecule has 0 amide bonds. The summed E-state index contributed by atoms with van der Waals surface area (Å²) >= 11 is 3.54. The second kappa shape index (κ2) is 6.14. The van der Waals surface area contributed by atoms with Crippen LogP contribution < -0.4 is 5.32 Å². The fourth-order valence-electron chi connectivity index (χ4n) is 3.24. The highest BCUT2D eigenvalue weighted by molar-refractivity contribution is 9.10. The first-order valence-electron chi connectivity index (χ1n) is 7.46. The standard InChI is InChI=1S/C16H22BrNO2/c1-12(13-3-2-4-14(17)11-13)18-15-5-7-16(8-6-15)19-9-10-20-16/h2-4,11-12,15,18H,5-10H2,1H3/t12-/m1/s1. The van der Waals surface area contributed by atoms with E-state index in [4.69, 9.17) is 9.47 Å². The van der Waals surface area contributed by atoms with Crippen molar-refractivity contribution >= 4 is 15.9 Å². The Balaban J connectivity index is 1.54. The summed E-state index contributed by atoms with van der Waals surface area (Å²) in [5, 5.41) is 3.74. The van der Waals surface area contributed by atoms with Crippen LogP contribution in [0.4, 0.5) is 0 Å². The molecule has 3 rings (SSSR count). The Morgan fingerprint density at radius 1 is 1.25 bits per heavy atom. The van der Waals surface area contributed by atoms with E-state index in [-0.39, 0.29) is 5.79 Å². The Hall–Kier alpha value is -0.420. The summed E-state index contributed by atoms with van der Waals surface area (Å²) in [6.45, 7) is 3.74. The van der Waals surface area contributed by atoms with Crippen LogP contribution in [0.25, 0.3) is 0 Å². The third-order valence-corrected chi connectivity index (χ3v) is 4.89. The molecular weight excluding hydrogens is 318 g/mol. The van der Waals surface area contributed by atoms with Gasteiger partial charge in [-0.2, -0.15) is 0 Å². The zero-order valence-electron chi connectivity index (χ0n) is 11.9. The molecule has 2 aliphatic rings. The van der Waals surface area contributed by atoms with E-state index in [1.165, 1.54) is 5.56 Å². The van der Waals surface area contributed by atoms with Crippen molar-refractivity contribution in [2.24, 2.45) is 0 Å². The van der Waals surface area contributed by atoms with Crippen molar-refractivity contribution in [3.8, 4) is 0 Å². The molecule has 0 unspecified atom stereocenters. The summed E-state index contributed by atoms with van der Waals surface area (Å²) in [6.07, 6.45) is 4.27. The molecule has 0 aromatic heterocycles. The van der Waals surface area contributed by atoms with Crippen molar-refractivity contribution < 1.29 is 9.47 Å². The molecule has 1 heterocycles. The van der Waals surface area contributed by atoms with Gasteiger partial charge in [0.1, 0.15) is 0 Å². The molecule has 3 nitrogen and oxygen atoms in total. The van der Waals surface area contributed by atoms with Crippen LogP contribution in [0.5, 0.6) is 0 Å². The molecule has 1 atom stereocenters. The minimum Gasteiger partial charge on any atom is -0.348 e. The Bertz CT molecular complexity index is 450. The summed E-state index contributed by atoms with van der Waals surface area (Å²) in [6, 6.07) is 9.45. The number of nitrogens with one attached hydrogen (secondary N) is 1. The quantitative estimate of drug-likeness (QED) is 0.908. The van der Waals surface area contributed by atoms with Gasteiger partial charge in [0.05, 0.1) is 13.2 Å². The molecular formula is C16H22BrNO2. The summed E-state index contributed by atoms with van der Waals surface area (Å²) in [5.41, 5.74) is 1.33. The van der Waals surface area contributed by atoms with E-state index in [1.807, 2.05) is 0 Å². The van der Waals surface area contributed by atoms with Crippen LogP contribution in [0.2, 0.25) is 0 Å². The van der Waals surface area contributed by atoms with E-state index in [2.05, 4.69) is 52.4 Å². The van der Waals surface area contributed by atoms with Gasteiger partial charge in [0.15, 0.2) is 5.79 Å². The van der Waals surface area contributed by atoms with Crippen LogP contribution in [0, 0.1) is 0 Å². The van der Waals surface area contributed by atoms with Crippen LogP contribution in [0.1, 0.15) is 44.2 Å². The second-order valence-electron chi connectivity index (χ2n) is 5.83. The monoisotopic (exact) mass is 339 g/mol. The minimum atomic E-state index is -0.253. The molecule has 1 spiro atoms. The van der Waals surface area contributed by atoms with Gasteiger partial charge in [0, 0.05) is 29.4 Å². The van der Waals surface area contributed by atoms with Gasteiger partial charge in [-0.05, 0) is 37.5 Å². The van der Waals surface area contributed by atoms with Crippen LogP contribution >= 0.6 is 15.9 Å². The molecule has 2 fully saturated rings. The van der Waals surface area contributed by atoms with Gasteiger partial charge in [-0.25, -0.2) is 0 Å². The van der Waals surface area contributed by atoms with Crippen LogP contribution in [0.15, 0.2) is 28.7 Å². The predicted molar refractivity (Wildman–Crippen MR) is 82.6 cm³/mol. The Kier molecular flexibility index (Phi) is 4.46.